The lowest BCUT2D eigenvalue weighted by Gasteiger charge is -2.35. The van der Waals surface area contributed by atoms with E-state index >= 15 is 0 Å². The number of nitrogens with one attached hydrogen (secondary N) is 2. The van der Waals surface area contributed by atoms with Gasteiger partial charge in [0.25, 0.3) is 0 Å². The molecular weight excluding hydrogens is 440 g/mol. The van der Waals surface area contributed by atoms with Crippen molar-refractivity contribution < 1.29 is 32.7 Å². The third kappa shape index (κ3) is 4.60. The number of nitrogens with zero attached hydrogens (tertiary/aromatic N) is 1. The van der Waals surface area contributed by atoms with Crippen molar-refractivity contribution in [1.82, 2.24) is 14.9 Å². The number of nitrogens with two attached hydrogens (primary N) is 1. The standard InChI is InChI=1S/C20H26N4O7S/c1-11(19(28)23-14(18(21)27)8-9-16(25)26)22-20(29)13-6-4-10-24-17(13)12-5-2-3-7-15(12)32(24,30)31/h2-3,5,7,11,13-14,17H,4,6,8-10H2,1H3,(H2,21,27)(H,22,29)(H,23,28)(H,25,26)/t11-,13?,14+,17?/m0/s1. The van der Waals surface area contributed by atoms with E-state index in [1.165, 1.54) is 17.3 Å². The minimum atomic E-state index is -3.68. The number of benzene rings is 1. The molecule has 0 saturated carbocycles. The topological polar surface area (TPSA) is 176 Å². The molecule has 12 heteroatoms. The van der Waals surface area contributed by atoms with Gasteiger partial charge in [-0.1, -0.05) is 18.2 Å². The lowest BCUT2D eigenvalue weighted by molar-refractivity contribution is -0.137. The van der Waals surface area contributed by atoms with Crippen molar-refractivity contribution in [3.63, 3.8) is 0 Å². The molecule has 1 aromatic rings. The minimum Gasteiger partial charge on any atom is -0.481 e. The Morgan fingerprint density at radius 3 is 2.56 bits per heavy atom. The van der Waals surface area contributed by atoms with E-state index < -0.39 is 57.8 Å². The van der Waals surface area contributed by atoms with Crippen LogP contribution in [0.2, 0.25) is 0 Å². The van der Waals surface area contributed by atoms with Gasteiger partial charge < -0.3 is 21.5 Å². The molecule has 11 nitrogen and oxygen atoms in total. The molecule has 32 heavy (non-hydrogen) atoms. The van der Waals surface area contributed by atoms with Crippen LogP contribution in [0.5, 0.6) is 0 Å². The number of hydrogen-bond acceptors (Lipinski definition) is 6. The van der Waals surface area contributed by atoms with Crippen molar-refractivity contribution in [2.75, 3.05) is 6.54 Å². The normalized spacial score (nSPS) is 23.3. The number of carbonyl (C=O) groups excluding carboxylic acids is 3. The molecule has 1 fully saturated rings. The van der Waals surface area contributed by atoms with E-state index in [2.05, 4.69) is 10.6 Å². The van der Waals surface area contributed by atoms with Crippen LogP contribution in [0.3, 0.4) is 0 Å². The lowest BCUT2D eigenvalue weighted by Crippen LogP contribution is -2.54. The summed E-state index contributed by atoms with van der Waals surface area (Å²) in [7, 11) is -3.68. The maximum Gasteiger partial charge on any atom is 0.303 e. The van der Waals surface area contributed by atoms with E-state index in [0.717, 1.165) is 0 Å². The first kappa shape index (κ1) is 23.7. The van der Waals surface area contributed by atoms with Crippen molar-refractivity contribution in [2.24, 2.45) is 11.7 Å². The van der Waals surface area contributed by atoms with Crippen LogP contribution in [0, 0.1) is 5.92 Å². The molecule has 1 aromatic carbocycles. The van der Waals surface area contributed by atoms with Crippen LogP contribution in [0.4, 0.5) is 0 Å². The molecule has 2 aliphatic heterocycles. The number of carboxylic acids is 1. The SMILES string of the molecule is C[C@H](NC(=O)C1CCCN2C1c1ccccc1S2(=O)=O)C(=O)N[C@H](CCC(=O)O)C(N)=O. The Morgan fingerprint density at radius 2 is 1.91 bits per heavy atom. The van der Waals surface area contributed by atoms with E-state index in [-0.39, 0.29) is 17.7 Å². The molecule has 1 saturated heterocycles. The van der Waals surface area contributed by atoms with Crippen molar-refractivity contribution in [2.45, 2.75) is 55.6 Å². The van der Waals surface area contributed by atoms with Gasteiger partial charge in [-0.05, 0) is 37.8 Å². The number of aliphatic carboxylic acids is 1. The molecule has 0 aromatic heterocycles. The number of primary amides is 1. The van der Waals surface area contributed by atoms with Gasteiger partial charge in [-0.15, -0.1) is 0 Å². The number of hydrogen-bond donors (Lipinski definition) is 4. The van der Waals surface area contributed by atoms with Crippen LogP contribution in [-0.2, 0) is 29.2 Å². The van der Waals surface area contributed by atoms with E-state index in [4.69, 9.17) is 10.8 Å². The summed E-state index contributed by atoms with van der Waals surface area (Å²) in [6, 6.07) is 3.70. The van der Waals surface area contributed by atoms with Gasteiger partial charge in [-0.3, -0.25) is 19.2 Å². The third-order valence-corrected chi connectivity index (χ3v) is 7.76. The molecule has 0 spiro atoms. The second kappa shape index (κ2) is 9.25. The third-order valence-electron chi connectivity index (χ3n) is 5.80. The Morgan fingerprint density at radius 1 is 1.22 bits per heavy atom. The van der Waals surface area contributed by atoms with Crippen LogP contribution in [0.15, 0.2) is 29.2 Å². The molecule has 2 unspecified atom stereocenters. The number of rotatable bonds is 8. The zero-order valence-corrected chi connectivity index (χ0v) is 18.3. The fourth-order valence-electron chi connectivity index (χ4n) is 4.20. The van der Waals surface area contributed by atoms with Gasteiger partial charge in [0, 0.05) is 13.0 Å². The Labute approximate surface area is 185 Å². The van der Waals surface area contributed by atoms with Crippen LogP contribution in [0.1, 0.15) is 44.2 Å². The Hall–Kier alpha value is -2.99. The van der Waals surface area contributed by atoms with E-state index in [9.17, 15) is 27.6 Å². The molecule has 2 aliphatic rings. The maximum absolute atomic E-state index is 13.0. The molecular formula is C20H26N4O7S. The summed E-state index contributed by atoms with van der Waals surface area (Å²) in [4.78, 5) is 47.9. The first-order chi connectivity index (χ1) is 15.0. The van der Waals surface area contributed by atoms with Gasteiger partial charge in [-0.25, -0.2) is 8.42 Å². The molecule has 0 radical (unpaired) electrons. The fourth-order valence-corrected chi connectivity index (χ4v) is 6.12. The second-order valence-corrected chi connectivity index (χ2v) is 9.83. The van der Waals surface area contributed by atoms with Gasteiger partial charge in [0.05, 0.1) is 16.9 Å². The number of amides is 3. The average molecular weight is 467 g/mol. The maximum atomic E-state index is 13.0. The first-order valence-electron chi connectivity index (χ1n) is 10.3. The summed E-state index contributed by atoms with van der Waals surface area (Å²) in [5, 5.41) is 13.7. The van der Waals surface area contributed by atoms with E-state index in [1.807, 2.05) is 0 Å². The summed E-state index contributed by atoms with van der Waals surface area (Å²) in [5.74, 6) is -3.87. The summed E-state index contributed by atoms with van der Waals surface area (Å²) >= 11 is 0. The average Bonchev–Trinajstić information content (AvgIpc) is 2.98. The largest absolute Gasteiger partial charge is 0.481 e. The molecule has 0 bridgehead atoms. The molecule has 0 aliphatic carbocycles. The number of sulfonamides is 1. The first-order valence-corrected chi connectivity index (χ1v) is 11.7. The predicted octanol–water partition coefficient (Wildman–Crippen LogP) is -0.518. The number of carbonyl (C=O) groups is 4. The Balaban J connectivity index is 1.70. The summed E-state index contributed by atoms with van der Waals surface area (Å²) < 4.78 is 27.1. The van der Waals surface area contributed by atoms with Gasteiger partial charge in [0.1, 0.15) is 12.1 Å². The lowest BCUT2D eigenvalue weighted by atomic mass is 9.85. The molecule has 2 heterocycles. The van der Waals surface area contributed by atoms with Gasteiger partial charge in [-0.2, -0.15) is 4.31 Å². The fraction of sp³-hybridized carbons (Fsp3) is 0.500. The van der Waals surface area contributed by atoms with E-state index in [1.54, 1.807) is 18.2 Å². The van der Waals surface area contributed by atoms with Gasteiger partial charge in [0.15, 0.2) is 0 Å². The monoisotopic (exact) mass is 466 g/mol. The quantitative estimate of drug-likeness (QED) is 0.398. The highest BCUT2D eigenvalue weighted by molar-refractivity contribution is 7.89. The highest BCUT2D eigenvalue weighted by Gasteiger charge is 2.49. The zero-order chi connectivity index (χ0) is 23.6. The molecule has 3 amide bonds. The summed E-state index contributed by atoms with van der Waals surface area (Å²) in [5.41, 5.74) is 5.78. The smallest absolute Gasteiger partial charge is 0.303 e. The van der Waals surface area contributed by atoms with Crippen LogP contribution in [-0.4, -0.2) is 60.1 Å². The van der Waals surface area contributed by atoms with Crippen molar-refractivity contribution in [3.05, 3.63) is 29.8 Å². The summed E-state index contributed by atoms with van der Waals surface area (Å²) in [6.07, 6.45) is 0.419. The molecule has 3 rings (SSSR count). The number of fused-ring (bicyclic) bond motifs is 3. The van der Waals surface area contributed by atoms with E-state index in [0.29, 0.717) is 24.9 Å². The summed E-state index contributed by atoms with van der Waals surface area (Å²) in [6.45, 7) is 1.73. The van der Waals surface area contributed by atoms with Gasteiger partial charge >= 0.3 is 5.97 Å². The van der Waals surface area contributed by atoms with Crippen LogP contribution >= 0.6 is 0 Å². The predicted molar refractivity (Wildman–Crippen MR) is 111 cm³/mol. The highest BCUT2D eigenvalue weighted by Crippen LogP contribution is 2.47. The highest BCUT2D eigenvalue weighted by atomic mass is 32.2. The van der Waals surface area contributed by atoms with Gasteiger partial charge in [0.2, 0.25) is 27.7 Å². The van der Waals surface area contributed by atoms with Crippen molar-refractivity contribution >= 4 is 33.7 Å². The Bertz CT molecular complexity index is 1040. The number of carboxylic acid groups (broad SMARTS) is 1. The number of piperidine rings is 1. The second-order valence-electron chi connectivity index (χ2n) is 7.97. The van der Waals surface area contributed by atoms with Crippen molar-refractivity contribution in [1.29, 1.82) is 0 Å². The molecule has 5 N–H and O–H groups in total. The Kier molecular flexibility index (Phi) is 6.84. The molecule has 4 atom stereocenters. The molecule has 174 valence electrons. The van der Waals surface area contributed by atoms with Crippen LogP contribution < -0.4 is 16.4 Å². The van der Waals surface area contributed by atoms with Crippen LogP contribution in [0.25, 0.3) is 0 Å². The zero-order valence-electron chi connectivity index (χ0n) is 17.5. The van der Waals surface area contributed by atoms with Crippen molar-refractivity contribution in [3.8, 4) is 0 Å². The minimum absolute atomic E-state index is 0.175.